The van der Waals surface area contributed by atoms with Gasteiger partial charge in [0.2, 0.25) is 10.0 Å². The third-order valence-electron chi connectivity index (χ3n) is 3.88. The van der Waals surface area contributed by atoms with Crippen molar-refractivity contribution in [1.82, 2.24) is 10.0 Å². The van der Waals surface area contributed by atoms with Crippen LogP contribution in [0.3, 0.4) is 0 Å². The zero-order chi connectivity index (χ0) is 15.3. The Labute approximate surface area is 126 Å². The molecule has 2 N–H and O–H groups in total. The van der Waals surface area contributed by atoms with E-state index in [0.717, 1.165) is 32.4 Å². The number of hydrogen-bond donors (Lipinski definition) is 2. The summed E-state index contributed by atoms with van der Waals surface area (Å²) in [6, 6.07) is 6.87. The van der Waals surface area contributed by atoms with Gasteiger partial charge in [0.15, 0.2) is 0 Å². The summed E-state index contributed by atoms with van der Waals surface area (Å²) in [5.74, 6) is 0.523. The largest absolute Gasteiger partial charge is 0.316 e. The van der Waals surface area contributed by atoms with Crippen molar-refractivity contribution >= 4 is 10.0 Å². The molecule has 1 atom stereocenters. The molecule has 2 rings (SSSR count). The van der Waals surface area contributed by atoms with Gasteiger partial charge >= 0.3 is 0 Å². The number of aryl methyl sites for hydroxylation is 1. The van der Waals surface area contributed by atoms with Crippen molar-refractivity contribution in [2.75, 3.05) is 19.6 Å². The van der Waals surface area contributed by atoms with Crippen LogP contribution >= 0.6 is 0 Å². The third kappa shape index (κ3) is 4.03. The zero-order valence-corrected chi connectivity index (χ0v) is 13.0. The highest BCUT2D eigenvalue weighted by Gasteiger charge is 2.20. The average molecular weight is 307 g/mol. The van der Waals surface area contributed by atoms with E-state index in [1.165, 1.54) is 6.07 Å². The zero-order valence-electron chi connectivity index (χ0n) is 12.2. The van der Waals surface area contributed by atoms with E-state index in [2.05, 4.69) is 10.0 Å². The van der Waals surface area contributed by atoms with Gasteiger partial charge in [-0.15, -0.1) is 0 Å². The van der Waals surface area contributed by atoms with Gasteiger partial charge in [-0.3, -0.25) is 0 Å². The molecule has 5 nitrogen and oxygen atoms in total. The van der Waals surface area contributed by atoms with Crippen molar-refractivity contribution in [2.24, 2.45) is 5.92 Å². The van der Waals surface area contributed by atoms with Gasteiger partial charge in [-0.2, -0.15) is 5.26 Å². The van der Waals surface area contributed by atoms with Crippen LogP contribution in [-0.2, 0) is 10.0 Å². The number of benzene rings is 1. The van der Waals surface area contributed by atoms with E-state index in [-0.39, 0.29) is 10.5 Å². The minimum Gasteiger partial charge on any atom is -0.316 e. The monoisotopic (exact) mass is 307 g/mol. The molecular weight excluding hydrogens is 286 g/mol. The van der Waals surface area contributed by atoms with Crippen molar-refractivity contribution in [3.05, 3.63) is 29.3 Å². The molecule has 114 valence electrons. The van der Waals surface area contributed by atoms with Crippen LogP contribution in [-0.4, -0.2) is 28.1 Å². The molecule has 1 unspecified atom stereocenters. The lowest BCUT2D eigenvalue weighted by Crippen LogP contribution is -2.33. The van der Waals surface area contributed by atoms with E-state index in [1.807, 2.05) is 6.07 Å². The molecule has 1 saturated heterocycles. The van der Waals surface area contributed by atoms with Gasteiger partial charge in [0.05, 0.1) is 10.5 Å². The molecule has 1 aromatic rings. The van der Waals surface area contributed by atoms with Gasteiger partial charge < -0.3 is 5.32 Å². The molecule has 1 heterocycles. The molecule has 21 heavy (non-hydrogen) atoms. The number of nitrogens with one attached hydrogen (secondary N) is 2. The Balaban J connectivity index is 2.02. The van der Waals surface area contributed by atoms with E-state index in [0.29, 0.717) is 18.0 Å². The Kier molecular flexibility index (Phi) is 5.34. The maximum atomic E-state index is 12.3. The lowest BCUT2D eigenvalue weighted by atomic mass is 9.96. The summed E-state index contributed by atoms with van der Waals surface area (Å²) in [4.78, 5) is 0.0757. The second-order valence-electron chi connectivity index (χ2n) is 5.46. The number of sulfonamides is 1. The summed E-state index contributed by atoms with van der Waals surface area (Å²) in [7, 11) is -3.62. The van der Waals surface area contributed by atoms with Gasteiger partial charge in [-0.05, 0) is 56.8 Å². The van der Waals surface area contributed by atoms with Crippen LogP contribution in [0.5, 0.6) is 0 Å². The first-order valence-corrected chi connectivity index (χ1v) is 8.73. The fourth-order valence-corrected chi connectivity index (χ4v) is 3.93. The minimum absolute atomic E-state index is 0.0757. The molecule has 0 saturated carbocycles. The minimum atomic E-state index is -3.62. The van der Waals surface area contributed by atoms with Crippen LogP contribution in [0.15, 0.2) is 23.1 Å². The topological polar surface area (TPSA) is 82.0 Å². The molecule has 1 aliphatic rings. The summed E-state index contributed by atoms with van der Waals surface area (Å²) in [5, 5.41) is 12.5. The summed E-state index contributed by atoms with van der Waals surface area (Å²) in [6.45, 7) is 4.16. The average Bonchev–Trinajstić information content (AvgIpc) is 2.48. The standard InChI is InChI=1S/C15H21N3O2S/c1-12-4-2-6-15(14(12)10-16)21(19,20)18-9-7-13-5-3-8-17-11-13/h2,4,6,13,17-18H,3,5,7-9,11H2,1H3. The molecular formula is C15H21N3O2S. The lowest BCUT2D eigenvalue weighted by molar-refractivity contribution is 0.358. The SMILES string of the molecule is Cc1cccc(S(=O)(=O)NCCC2CCCNC2)c1C#N. The van der Waals surface area contributed by atoms with E-state index < -0.39 is 10.0 Å². The van der Waals surface area contributed by atoms with Crippen LogP contribution < -0.4 is 10.0 Å². The van der Waals surface area contributed by atoms with Crippen LogP contribution in [0, 0.1) is 24.2 Å². The molecule has 0 aliphatic carbocycles. The number of piperidine rings is 1. The first-order chi connectivity index (χ1) is 10.0. The summed E-state index contributed by atoms with van der Waals surface area (Å²) in [5.41, 5.74) is 0.904. The van der Waals surface area contributed by atoms with Crippen LogP contribution in [0.1, 0.15) is 30.4 Å². The van der Waals surface area contributed by atoms with Gasteiger partial charge in [-0.1, -0.05) is 12.1 Å². The number of nitriles is 1. The van der Waals surface area contributed by atoms with Gasteiger partial charge in [0, 0.05) is 6.54 Å². The fourth-order valence-electron chi connectivity index (χ4n) is 2.65. The molecule has 1 aromatic carbocycles. The van der Waals surface area contributed by atoms with Crippen molar-refractivity contribution in [3.63, 3.8) is 0 Å². The Hall–Kier alpha value is -1.42. The van der Waals surface area contributed by atoms with E-state index in [9.17, 15) is 8.42 Å². The third-order valence-corrected chi connectivity index (χ3v) is 5.38. The highest BCUT2D eigenvalue weighted by atomic mass is 32.2. The molecule has 0 radical (unpaired) electrons. The molecule has 1 fully saturated rings. The van der Waals surface area contributed by atoms with Crippen molar-refractivity contribution in [2.45, 2.75) is 31.1 Å². The Morgan fingerprint density at radius 1 is 1.48 bits per heavy atom. The maximum absolute atomic E-state index is 12.3. The summed E-state index contributed by atoms with van der Waals surface area (Å²) < 4.78 is 27.3. The van der Waals surface area contributed by atoms with Crippen molar-refractivity contribution < 1.29 is 8.42 Å². The normalized spacial score (nSPS) is 19.1. The first kappa shape index (κ1) is 16.0. The second-order valence-corrected chi connectivity index (χ2v) is 7.19. The smallest absolute Gasteiger partial charge is 0.241 e. The van der Waals surface area contributed by atoms with Gasteiger partial charge in [0.1, 0.15) is 6.07 Å². The first-order valence-electron chi connectivity index (χ1n) is 7.24. The molecule has 0 spiro atoms. The summed E-state index contributed by atoms with van der Waals surface area (Å²) >= 11 is 0. The second kappa shape index (κ2) is 7.03. The Bertz CT molecular complexity index is 629. The molecule has 0 amide bonds. The lowest BCUT2D eigenvalue weighted by Gasteiger charge is -2.22. The van der Waals surface area contributed by atoms with E-state index in [4.69, 9.17) is 5.26 Å². The predicted molar refractivity (Wildman–Crippen MR) is 81.3 cm³/mol. The van der Waals surface area contributed by atoms with Gasteiger partial charge in [-0.25, -0.2) is 13.1 Å². The van der Waals surface area contributed by atoms with Crippen LogP contribution in [0.25, 0.3) is 0 Å². The van der Waals surface area contributed by atoms with Crippen LogP contribution in [0.2, 0.25) is 0 Å². The number of hydrogen-bond acceptors (Lipinski definition) is 4. The number of nitrogens with zero attached hydrogens (tertiary/aromatic N) is 1. The highest BCUT2D eigenvalue weighted by molar-refractivity contribution is 7.89. The quantitative estimate of drug-likeness (QED) is 0.864. The van der Waals surface area contributed by atoms with Crippen molar-refractivity contribution in [1.29, 1.82) is 5.26 Å². The highest BCUT2D eigenvalue weighted by Crippen LogP contribution is 2.19. The van der Waals surface area contributed by atoms with E-state index in [1.54, 1.807) is 19.1 Å². The summed E-state index contributed by atoms with van der Waals surface area (Å²) in [6.07, 6.45) is 3.11. The molecule has 0 aromatic heterocycles. The maximum Gasteiger partial charge on any atom is 0.241 e. The van der Waals surface area contributed by atoms with Gasteiger partial charge in [0.25, 0.3) is 0 Å². The molecule has 0 bridgehead atoms. The van der Waals surface area contributed by atoms with Crippen LogP contribution in [0.4, 0.5) is 0 Å². The molecule has 1 aliphatic heterocycles. The fraction of sp³-hybridized carbons (Fsp3) is 0.533. The molecule has 6 heteroatoms. The predicted octanol–water partition coefficient (Wildman–Crippen LogP) is 1.53. The Morgan fingerprint density at radius 3 is 2.95 bits per heavy atom. The Morgan fingerprint density at radius 2 is 2.29 bits per heavy atom. The number of rotatable bonds is 5. The van der Waals surface area contributed by atoms with Crippen molar-refractivity contribution in [3.8, 4) is 6.07 Å². The van der Waals surface area contributed by atoms with E-state index >= 15 is 0 Å².